The summed E-state index contributed by atoms with van der Waals surface area (Å²) in [5.74, 6) is 5.21. The van der Waals surface area contributed by atoms with Crippen molar-refractivity contribution in [3.05, 3.63) is 12.2 Å². The molecule has 0 aromatic carbocycles. The standard InChI is InChI=1S/C21H34/c1-16-14-18-8-2-3-9-19(18)20(15-16)21-11-4-6-17(10-13-21)7-5-12-21/h2-3,16-20H,4-15H2,1H3. The van der Waals surface area contributed by atoms with E-state index in [2.05, 4.69) is 19.1 Å². The van der Waals surface area contributed by atoms with E-state index in [0.717, 1.165) is 35.0 Å². The molecule has 3 fully saturated rings. The summed E-state index contributed by atoms with van der Waals surface area (Å²) in [7, 11) is 0. The highest BCUT2D eigenvalue weighted by atomic mass is 14.5. The first-order valence-electron chi connectivity index (χ1n) is 9.92. The van der Waals surface area contributed by atoms with E-state index in [1.165, 1.54) is 19.3 Å². The third-order valence-corrected chi connectivity index (χ3v) is 7.91. The van der Waals surface area contributed by atoms with Crippen molar-refractivity contribution in [2.45, 2.75) is 84.0 Å². The second-order valence-corrected chi connectivity index (χ2v) is 9.10. The van der Waals surface area contributed by atoms with E-state index in [-0.39, 0.29) is 0 Å². The van der Waals surface area contributed by atoms with Crippen LogP contribution in [-0.2, 0) is 0 Å². The van der Waals surface area contributed by atoms with Gasteiger partial charge in [-0.1, -0.05) is 44.8 Å². The van der Waals surface area contributed by atoms with Crippen LogP contribution in [-0.4, -0.2) is 0 Å². The maximum absolute atomic E-state index is 2.55. The van der Waals surface area contributed by atoms with Crippen LogP contribution in [0.3, 0.4) is 0 Å². The summed E-state index contributed by atoms with van der Waals surface area (Å²) in [6.07, 6.45) is 23.4. The van der Waals surface area contributed by atoms with Crippen molar-refractivity contribution >= 4 is 0 Å². The Labute approximate surface area is 131 Å². The summed E-state index contributed by atoms with van der Waals surface area (Å²) in [6.45, 7) is 2.55. The molecule has 3 saturated carbocycles. The number of fused-ring (bicyclic) bond motifs is 4. The summed E-state index contributed by atoms with van der Waals surface area (Å²) < 4.78 is 0. The number of hydrogen-bond acceptors (Lipinski definition) is 0. The summed E-state index contributed by atoms with van der Waals surface area (Å²) in [5, 5.41) is 0. The highest BCUT2D eigenvalue weighted by Crippen LogP contribution is 2.58. The first-order valence-corrected chi connectivity index (χ1v) is 9.92. The Morgan fingerprint density at radius 1 is 0.857 bits per heavy atom. The molecule has 0 radical (unpaired) electrons. The zero-order chi connectivity index (χ0) is 14.3. The van der Waals surface area contributed by atoms with Gasteiger partial charge in [0, 0.05) is 0 Å². The van der Waals surface area contributed by atoms with Gasteiger partial charge in [-0.2, -0.15) is 0 Å². The topological polar surface area (TPSA) is 0 Å². The molecule has 0 heteroatoms. The van der Waals surface area contributed by atoms with Gasteiger partial charge in [-0.05, 0) is 86.4 Å². The smallest absolute Gasteiger partial charge is 0.0266 e. The SMILES string of the molecule is CC1CC2CC=CCC2C(C23CCCC(CCC2)CC3)C1. The van der Waals surface area contributed by atoms with Crippen LogP contribution in [0.15, 0.2) is 12.2 Å². The monoisotopic (exact) mass is 286 g/mol. The number of allylic oxidation sites excluding steroid dienone is 2. The van der Waals surface area contributed by atoms with E-state index in [1.54, 1.807) is 57.8 Å². The molecule has 4 aliphatic carbocycles. The Hall–Kier alpha value is -0.260. The van der Waals surface area contributed by atoms with Crippen molar-refractivity contribution < 1.29 is 0 Å². The summed E-state index contributed by atoms with van der Waals surface area (Å²) in [6, 6.07) is 0. The Kier molecular flexibility index (Phi) is 3.92. The lowest BCUT2D eigenvalue weighted by atomic mass is 9.53. The van der Waals surface area contributed by atoms with E-state index in [9.17, 15) is 0 Å². The van der Waals surface area contributed by atoms with Crippen molar-refractivity contribution in [3.8, 4) is 0 Å². The number of rotatable bonds is 1. The van der Waals surface area contributed by atoms with Gasteiger partial charge in [-0.15, -0.1) is 0 Å². The Bertz CT molecular complexity index is 383. The van der Waals surface area contributed by atoms with E-state index >= 15 is 0 Å². The van der Waals surface area contributed by atoms with Crippen molar-refractivity contribution in [2.24, 2.45) is 35.0 Å². The van der Waals surface area contributed by atoms with E-state index in [0.29, 0.717) is 0 Å². The molecule has 4 aliphatic rings. The molecule has 0 aliphatic heterocycles. The summed E-state index contributed by atoms with van der Waals surface area (Å²) >= 11 is 0. The first kappa shape index (κ1) is 14.3. The highest BCUT2D eigenvalue weighted by molar-refractivity contribution is 5.04. The third-order valence-electron chi connectivity index (χ3n) is 7.91. The molecule has 4 atom stereocenters. The van der Waals surface area contributed by atoms with Gasteiger partial charge >= 0.3 is 0 Å². The average Bonchev–Trinajstić information content (AvgIpc) is 2.80. The maximum Gasteiger partial charge on any atom is -0.0266 e. The fourth-order valence-corrected chi connectivity index (χ4v) is 6.92. The molecule has 4 unspecified atom stereocenters. The van der Waals surface area contributed by atoms with Gasteiger partial charge in [0.05, 0.1) is 0 Å². The van der Waals surface area contributed by atoms with Crippen LogP contribution in [0.1, 0.15) is 84.0 Å². The lowest BCUT2D eigenvalue weighted by molar-refractivity contribution is -0.0118. The summed E-state index contributed by atoms with van der Waals surface area (Å²) in [5.41, 5.74) is 0.758. The minimum atomic E-state index is 0.758. The maximum atomic E-state index is 2.55. The molecular weight excluding hydrogens is 252 g/mol. The lowest BCUT2D eigenvalue weighted by Gasteiger charge is -2.52. The van der Waals surface area contributed by atoms with Gasteiger partial charge in [0.2, 0.25) is 0 Å². The number of hydrogen-bond donors (Lipinski definition) is 0. The van der Waals surface area contributed by atoms with Crippen LogP contribution in [0.2, 0.25) is 0 Å². The zero-order valence-electron chi connectivity index (χ0n) is 14.0. The second kappa shape index (κ2) is 5.74. The van der Waals surface area contributed by atoms with Crippen LogP contribution < -0.4 is 0 Å². The molecule has 0 amide bonds. The first-order chi connectivity index (χ1) is 10.3. The molecule has 0 aromatic rings. The quantitative estimate of drug-likeness (QED) is 0.492. The summed E-state index contributed by atoms with van der Waals surface area (Å²) in [4.78, 5) is 0. The molecule has 2 bridgehead atoms. The van der Waals surface area contributed by atoms with Crippen molar-refractivity contribution in [3.63, 3.8) is 0 Å². The van der Waals surface area contributed by atoms with Crippen LogP contribution in [0.5, 0.6) is 0 Å². The minimum absolute atomic E-state index is 0.758. The largest absolute Gasteiger partial charge is 0.0882 e. The third kappa shape index (κ3) is 2.62. The molecular formula is C21H34. The highest BCUT2D eigenvalue weighted by Gasteiger charge is 2.48. The Morgan fingerprint density at radius 2 is 1.62 bits per heavy atom. The normalized spacial score (nSPS) is 50.2. The lowest BCUT2D eigenvalue weighted by Crippen LogP contribution is -2.43. The predicted molar refractivity (Wildman–Crippen MR) is 90.1 cm³/mol. The van der Waals surface area contributed by atoms with E-state index in [4.69, 9.17) is 0 Å². The van der Waals surface area contributed by atoms with Crippen LogP contribution >= 0.6 is 0 Å². The van der Waals surface area contributed by atoms with Gasteiger partial charge in [-0.25, -0.2) is 0 Å². The van der Waals surface area contributed by atoms with Crippen LogP contribution in [0.25, 0.3) is 0 Å². The van der Waals surface area contributed by atoms with E-state index in [1.807, 2.05) is 0 Å². The molecule has 0 nitrogen and oxygen atoms in total. The zero-order valence-corrected chi connectivity index (χ0v) is 14.0. The van der Waals surface area contributed by atoms with Gasteiger partial charge in [0.25, 0.3) is 0 Å². The second-order valence-electron chi connectivity index (χ2n) is 9.10. The minimum Gasteiger partial charge on any atom is -0.0882 e. The molecule has 4 rings (SSSR count). The van der Waals surface area contributed by atoms with E-state index < -0.39 is 0 Å². The average molecular weight is 287 g/mol. The molecule has 21 heavy (non-hydrogen) atoms. The van der Waals surface area contributed by atoms with Gasteiger partial charge in [0.1, 0.15) is 0 Å². The fourth-order valence-electron chi connectivity index (χ4n) is 6.92. The molecule has 0 aromatic heterocycles. The predicted octanol–water partition coefficient (Wildman–Crippen LogP) is 6.37. The van der Waals surface area contributed by atoms with Gasteiger partial charge < -0.3 is 0 Å². The van der Waals surface area contributed by atoms with Crippen molar-refractivity contribution in [2.75, 3.05) is 0 Å². The van der Waals surface area contributed by atoms with Gasteiger partial charge in [0.15, 0.2) is 0 Å². The van der Waals surface area contributed by atoms with Crippen LogP contribution in [0.4, 0.5) is 0 Å². The molecule has 118 valence electrons. The van der Waals surface area contributed by atoms with Crippen LogP contribution in [0, 0.1) is 35.0 Å². The van der Waals surface area contributed by atoms with Crippen molar-refractivity contribution in [1.82, 2.24) is 0 Å². The molecule has 0 N–H and O–H groups in total. The molecule has 0 spiro atoms. The molecule has 0 saturated heterocycles. The Balaban J connectivity index is 1.63. The van der Waals surface area contributed by atoms with Crippen molar-refractivity contribution in [1.29, 1.82) is 0 Å². The van der Waals surface area contributed by atoms with Gasteiger partial charge in [-0.3, -0.25) is 0 Å². The Morgan fingerprint density at radius 3 is 2.43 bits per heavy atom. The molecule has 0 heterocycles. The fraction of sp³-hybridized carbons (Fsp3) is 0.905.